The minimum absolute atomic E-state index is 0.0204. The van der Waals surface area contributed by atoms with Crippen molar-refractivity contribution in [2.75, 3.05) is 24.5 Å². The number of carbonyl (C=O) groups excluding carboxylic acids is 1. The standard InChI is InChI=1S/C20H20BrCl2FN4O2/c1-10-9-27(19(29)30-20(2,3)4)5-6-28(10)17-11-7-13(22)14(21)15(24)16(11)26-18(23)12(17)8-25/h7,10H,5-6,9H2,1-4H3/t10-/m0/s1. The Morgan fingerprint density at radius 2 is 2.07 bits per heavy atom. The Bertz CT molecular complexity index is 1070. The van der Waals surface area contributed by atoms with Gasteiger partial charge in [-0.25, -0.2) is 14.2 Å². The van der Waals surface area contributed by atoms with Gasteiger partial charge >= 0.3 is 6.09 Å². The number of ether oxygens (including phenoxy) is 1. The smallest absolute Gasteiger partial charge is 0.410 e. The number of carbonyl (C=O) groups is 1. The zero-order chi connectivity index (χ0) is 22.4. The third kappa shape index (κ3) is 4.29. The molecule has 10 heteroatoms. The molecule has 0 radical (unpaired) electrons. The van der Waals surface area contributed by atoms with Crippen molar-refractivity contribution in [3.05, 3.63) is 32.1 Å². The number of hydrogen-bond donors (Lipinski definition) is 0. The molecule has 1 saturated heterocycles. The molecule has 0 unspecified atom stereocenters. The van der Waals surface area contributed by atoms with Crippen molar-refractivity contribution in [3.8, 4) is 6.07 Å². The van der Waals surface area contributed by atoms with Crippen molar-refractivity contribution in [3.63, 3.8) is 0 Å². The SMILES string of the molecule is C[C@H]1CN(C(=O)OC(C)(C)C)CCN1c1c(C#N)c(Cl)nc2c(F)c(Br)c(Cl)cc12. The van der Waals surface area contributed by atoms with E-state index in [2.05, 4.69) is 27.0 Å². The fourth-order valence-electron chi connectivity index (χ4n) is 3.44. The number of hydrogen-bond acceptors (Lipinski definition) is 5. The third-order valence-electron chi connectivity index (χ3n) is 4.72. The topological polar surface area (TPSA) is 69.5 Å². The van der Waals surface area contributed by atoms with Crippen molar-refractivity contribution in [2.24, 2.45) is 0 Å². The maximum absolute atomic E-state index is 14.8. The summed E-state index contributed by atoms with van der Waals surface area (Å²) >= 11 is 15.5. The predicted molar refractivity (Wildman–Crippen MR) is 119 cm³/mol. The van der Waals surface area contributed by atoms with E-state index in [1.165, 1.54) is 0 Å². The minimum atomic E-state index is -0.648. The van der Waals surface area contributed by atoms with E-state index < -0.39 is 17.5 Å². The number of fused-ring (bicyclic) bond motifs is 1. The number of nitriles is 1. The Labute approximate surface area is 192 Å². The van der Waals surface area contributed by atoms with Crippen LogP contribution in [0.1, 0.15) is 33.3 Å². The number of aromatic nitrogens is 1. The van der Waals surface area contributed by atoms with Crippen molar-refractivity contribution >= 4 is 61.8 Å². The van der Waals surface area contributed by atoms with Crippen LogP contribution in [0.4, 0.5) is 14.9 Å². The number of amides is 1. The number of anilines is 1. The summed E-state index contributed by atoms with van der Waals surface area (Å²) in [4.78, 5) is 20.1. The van der Waals surface area contributed by atoms with Crippen LogP contribution in [0.3, 0.4) is 0 Å². The van der Waals surface area contributed by atoms with Gasteiger partial charge in [0.25, 0.3) is 0 Å². The largest absolute Gasteiger partial charge is 0.444 e. The summed E-state index contributed by atoms with van der Waals surface area (Å²) in [6.45, 7) is 8.49. The van der Waals surface area contributed by atoms with Crippen molar-refractivity contribution in [1.29, 1.82) is 5.26 Å². The van der Waals surface area contributed by atoms with Crippen molar-refractivity contribution in [2.45, 2.75) is 39.3 Å². The molecule has 1 aromatic carbocycles. The van der Waals surface area contributed by atoms with Gasteiger partial charge in [0.05, 0.1) is 15.2 Å². The van der Waals surface area contributed by atoms with Gasteiger partial charge in [0.1, 0.15) is 27.9 Å². The van der Waals surface area contributed by atoms with Crippen molar-refractivity contribution in [1.82, 2.24) is 9.88 Å². The molecule has 160 valence electrons. The van der Waals surface area contributed by atoms with E-state index >= 15 is 0 Å². The molecular weight excluding hydrogens is 498 g/mol. The lowest BCUT2D eigenvalue weighted by atomic mass is 10.0. The average Bonchev–Trinajstić information content (AvgIpc) is 2.65. The lowest BCUT2D eigenvalue weighted by Gasteiger charge is -2.42. The second kappa shape index (κ2) is 8.37. The molecule has 3 rings (SSSR count). The summed E-state index contributed by atoms with van der Waals surface area (Å²) < 4.78 is 20.4. The summed E-state index contributed by atoms with van der Waals surface area (Å²) in [6, 6.07) is 3.45. The first kappa shape index (κ1) is 22.9. The minimum Gasteiger partial charge on any atom is -0.444 e. The Morgan fingerprint density at radius 1 is 1.40 bits per heavy atom. The van der Waals surface area contributed by atoms with Crippen LogP contribution in [0.2, 0.25) is 10.2 Å². The van der Waals surface area contributed by atoms with E-state index in [0.717, 1.165) is 0 Å². The van der Waals surface area contributed by atoms with E-state index in [0.29, 0.717) is 30.7 Å². The van der Waals surface area contributed by atoms with Crippen LogP contribution in [0, 0.1) is 17.1 Å². The number of benzene rings is 1. The highest BCUT2D eigenvalue weighted by Gasteiger charge is 2.33. The zero-order valence-electron chi connectivity index (χ0n) is 16.9. The highest BCUT2D eigenvalue weighted by molar-refractivity contribution is 9.10. The Morgan fingerprint density at radius 3 is 2.63 bits per heavy atom. The summed E-state index contributed by atoms with van der Waals surface area (Å²) in [6.07, 6.45) is -0.398. The van der Waals surface area contributed by atoms with Gasteiger partial charge in [0, 0.05) is 31.1 Å². The van der Waals surface area contributed by atoms with Crippen LogP contribution in [0.25, 0.3) is 10.9 Å². The van der Waals surface area contributed by atoms with E-state index in [1.807, 2.05) is 32.6 Å². The first-order valence-corrected chi connectivity index (χ1v) is 10.8. The van der Waals surface area contributed by atoms with E-state index in [9.17, 15) is 14.4 Å². The van der Waals surface area contributed by atoms with Gasteiger partial charge in [-0.3, -0.25) is 0 Å². The number of halogens is 4. The van der Waals surface area contributed by atoms with Crippen LogP contribution in [0.15, 0.2) is 10.5 Å². The van der Waals surface area contributed by atoms with Gasteiger partial charge in [-0.15, -0.1) is 0 Å². The summed E-state index contributed by atoms with van der Waals surface area (Å²) in [5, 5.41) is 10.2. The molecular formula is C20H20BrCl2FN4O2. The molecule has 0 aliphatic carbocycles. The molecule has 30 heavy (non-hydrogen) atoms. The Balaban J connectivity index is 2.05. The number of nitrogens with zero attached hydrogens (tertiary/aromatic N) is 4. The third-order valence-corrected chi connectivity index (χ3v) is 6.30. The van der Waals surface area contributed by atoms with Gasteiger partial charge in [-0.2, -0.15) is 5.26 Å². The molecule has 2 aromatic rings. The molecule has 1 aromatic heterocycles. The number of piperazine rings is 1. The molecule has 0 bridgehead atoms. The molecule has 6 nitrogen and oxygen atoms in total. The fourth-order valence-corrected chi connectivity index (χ4v) is 4.15. The Hall–Kier alpha value is -1.82. The molecule has 1 fully saturated rings. The summed E-state index contributed by atoms with van der Waals surface area (Å²) in [5.41, 5.74) is 0.0192. The summed E-state index contributed by atoms with van der Waals surface area (Å²) in [5.74, 6) is -0.648. The second-order valence-corrected chi connectivity index (χ2v) is 9.65. The zero-order valence-corrected chi connectivity index (χ0v) is 20.0. The highest BCUT2D eigenvalue weighted by atomic mass is 79.9. The second-order valence-electron chi connectivity index (χ2n) is 8.09. The quantitative estimate of drug-likeness (QED) is 0.355. The fraction of sp³-hybridized carbons (Fsp3) is 0.450. The first-order chi connectivity index (χ1) is 13.9. The van der Waals surface area contributed by atoms with Crippen LogP contribution < -0.4 is 4.90 Å². The average molecular weight is 518 g/mol. The first-order valence-electron chi connectivity index (χ1n) is 9.26. The van der Waals surface area contributed by atoms with Gasteiger partial charge in [0.2, 0.25) is 0 Å². The van der Waals surface area contributed by atoms with Crippen LogP contribution in [0.5, 0.6) is 0 Å². The monoisotopic (exact) mass is 516 g/mol. The van der Waals surface area contributed by atoms with Gasteiger partial charge < -0.3 is 14.5 Å². The lowest BCUT2D eigenvalue weighted by molar-refractivity contribution is 0.0219. The van der Waals surface area contributed by atoms with E-state index in [4.69, 9.17) is 27.9 Å². The highest BCUT2D eigenvalue weighted by Crippen LogP contribution is 2.40. The van der Waals surface area contributed by atoms with Crippen molar-refractivity contribution < 1.29 is 13.9 Å². The molecule has 1 atom stereocenters. The maximum atomic E-state index is 14.8. The molecule has 1 amide bonds. The normalized spacial score (nSPS) is 17.2. The van der Waals surface area contributed by atoms with Crippen LogP contribution >= 0.6 is 39.1 Å². The molecule has 0 spiro atoms. The Kier molecular flexibility index (Phi) is 6.38. The van der Waals surface area contributed by atoms with Crippen LogP contribution in [-0.4, -0.2) is 47.3 Å². The van der Waals surface area contributed by atoms with Crippen LogP contribution in [-0.2, 0) is 4.74 Å². The molecule has 0 N–H and O–H groups in total. The predicted octanol–water partition coefficient (Wildman–Crippen LogP) is 5.76. The molecule has 1 aliphatic heterocycles. The number of pyridine rings is 1. The van der Waals surface area contributed by atoms with Gasteiger partial charge in [-0.1, -0.05) is 23.2 Å². The van der Waals surface area contributed by atoms with E-state index in [-0.39, 0.29) is 31.8 Å². The number of rotatable bonds is 1. The lowest BCUT2D eigenvalue weighted by Crippen LogP contribution is -2.54. The molecule has 0 saturated carbocycles. The van der Waals surface area contributed by atoms with E-state index in [1.54, 1.807) is 11.0 Å². The summed E-state index contributed by atoms with van der Waals surface area (Å²) in [7, 11) is 0. The van der Waals surface area contributed by atoms with Gasteiger partial charge in [0.15, 0.2) is 5.82 Å². The molecule has 2 heterocycles. The maximum Gasteiger partial charge on any atom is 0.410 e. The molecule has 1 aliphatic rings. The van der Waals surface area contributed by atoms with Gasteiger partial charge in [-0.05, 0) is 49.7 Å².